The molecular formula is C16H18BrClN4O3. The molecule has 2 amide bonds. The van der Waals surface area contributed by atoms with Crippen LogP contribution in [0.4, 0.5) is 5.82 Å². The molecule has 0 saturated carbocycles. The van der Waals surface area contributed by atoms with E-state index in [9.17, 15) is 9.59 Å². The van der Waals surface area contributed by atoms with Crippen molar-refractivity contribution in [2.75, 3.05) is 25.5 Å². The van der Waals surface area contributed by atoms with Crippen molar-refractivity contribution in [3.8, 4) is 0 Å². The summed E-state index contributed by atoms with van der Waals surface area (Å²) in [5.74, 6) is -0.123. The Morgan fingerprint density at radius 2 is 2.12 bits per heavy atom. The molecule has 25 heavy (non-hydrogen) atoms. The Hall–Kier alpha value is -1.90. The Bertz CT molecular complexity index is 749. The minimum Gasteiger partial charge on any atom is -0.396 e. The predicted octanol–water partition coefficient (Wildman–Crippen LogP) is 2.37. The first-order chi connectivity index (χ1) is 12.0. The largest absolute Gasteiger partial charge is 0.396 e. The minimum absolute atomic E-state index is 0.00913. The lowest BCUT2D eigenvalue weighted by Gasteiger charge is -2.18. The maximum absolute atomic E-state index is 12.8. The second-order valence-corrected chi connectivity index (χ2v) is 6.50. The van der Waals surface area contributed by atoms with Gasteiger partial charge in [-0.1, -0.05) is 23.7 Å². The van der Waals surface area contributed by atoms with Crippen LogP contribution in [0.1, 0.15) is 22.5 Å². The van der Waals surface area contributed by atoms with Crippen LogP contribution in [0.25, 0.3) is 0 Å². The van der Waals surface area contributed by atoms with E-state index in [-0.39, 0.29) is 24.0 Å². The molecular weight excluding hydrogens is 412 g/mol. The van der Waals surface area contributed by atoms with Gasteiger partial charge in [-0.3, -0.25) is 9.59 Å². The molecule has 7 nitrogen and oxygen atoms in total. The van der Waals surface area contributed by atoms with Gasteiger partial charge in [0.15, 0.2) is 16.2 Å². The smallest absolute Gasteiger partial charge is 0.274 e. The normalized spacial score (nSPS) is 10.6. The molecule has 2 N–H and O–H groups in total. The molecule has 0 spiro atoms. The molecule has 0 aliphatic heterocycles. The number of amides is 2. The van der Waals surface area contributed by atoms with E-state index in [2.05, 4.69) is 26.2 Å². The molecule has 2 aromatic rings. The van der Waals surface area contributed by atoms with Crippen LogP contribution in [0.2, 0.25) is 5.02 Å². The molecule has 9 heteroatoms. The molecule has 2 rings (SSSR count). The zero-order valence-electron chi connectivity index (χ0n) is 13.6. The van der Waals surface area contributed by atoms with Crippen molar-refractivity contribution in [1.82, 2.24) is 14.5 Å². The van der Waals surface area contributed by atoms with Gasteiger partial charge in [-0.05, 0) is 40.0 Å². The second kappa shape index (κ2) is 8.98. The van der Waals surface area contributed by atoms with Gasteiger partial charge in [-0.25, -0.2) is 4.98 Å². The molecule has 0 aliphatic carbocycles. The van der Waals surface area contributed by atoms with Crippen molar-refractivity contribution in [2.24, 2.45) is 0 Å². The van der Waals surface area contributed by atoms with Crippen LogP contribution in [-0.2, 0) is 11.3 Å². The number of hydrogen-bond donors (Lipinski definition) is 2. The maximum Gasteiger partial charge on any atom is 0.274 e. The minimum atomic E-state index is -0.301. The van der Waals surface area contributed by atoms with Gasteiger partial charge < -0.3 is 19.9 Å². The number of carbonyl (C=O) groups excluding carboxylic acids is 2. The molecule has 134 valence electrons. The van der Waals surface area contributed by atoms with E-state index in [0.29, 0.717) is 35.7 Å². The summed E-state index contributed by atoms with van der Waals surface area (Å²) in [6.07, 6.45) is 0.942. The number of aliphatic hydroxyl groups excluding tert-OH is 1. The number of nitrogens with one attached hydrogen (secondary N) is 1. The average molecular weight is 430 g/mol. The van der Waals surface area contributed by atoms with Gasteiger partial charge in [0.2, 0.25) is 6.41 Å². The second-order valence-electron chi connectivity index (χ2n) is 5.36. The zero-order valence-corrected chi connectivity index (χ0v) is 15.9. The van der Waals surface area contributed by atoms with E-state index in [1.165, 1.54) is 4.90 Å². The maximum atomic E-state index is 12.8. The first kappa shape index (κ1) is 19.4. The Kier molecular flexibility index (Phi) is 6.98. The third kappa shape index (κ3) is 4.81. The number of halogens is 2. The van der Waals surface area contributed by atoms with Gasteiger partial charge in [0, 0.05) is 25.2 Å². The summed E-state index contributed by atoms with van der Waals surface area (Å²) in [5, 5.41) is 12.0. The molecule has 0 unspecified atom stereocenters. The Balaban J connectivity index is 2.39. The first-order valence-electron chi connectivity index (χ1n) is 7.55. The highest BCUT2D eigenvalue weighted by Crippen LogP contribution is 2.24. The summed E-state index contributed by atoms with van der Waals surface area (Å²) in [7, 11) is 1.64. The van der Waals surface area contributed by atoms with Crippen LogP contribution >= 0.6 is 27.5 Å². The lowest BCUT2D eigenvalue weighted by atomic mass is 10.2. The first-order valence-corrected chi connectivity index (χ1v) is 8.72. The Labute approximate surface area is 158 Å². The van der Waals surface area contributed by atoms with Gasteiger partial charge >= 0.3 is 0 Å². The topological polar surface area (TPSA) is 87.5 Å². The summed E-state index contributed by atoms with van der Waals surface area (Å²) in [6, 6.07) is 7.24. The van der Waals surface area contributed by atoms with Crippen LogP contribution in [0.15, 0.2) is 29.0 Å². The van der Waals surface area contributed by atoms with Crippen molar-refractivity contribution in [3.05, 3.63) is 45.3 Å². The third-order valence-corrected chi connectivity index (χ3v) is 4.43. The highest BCUT2D eigenvalue weighted by atomic mass is 79.9. The number of aliphatic hydroxyl groups is 1. The van der Waals surface area contributed by atoms with E-state index in [4.69, 9.17) is 16.7 Å². The number of aromatic nitrogens is 2. The monoisotopic (exact) mass is 428 g/mol. The fraction of sp³-hybridized carbons (Fsp3) is 0.312. The van der Waals surface area contributed by atoms with Crippen LogP contribution in [0, 0.1) is 0 Å². The Morgan fingerprint density at radius 1 is 1.44 bits per heavy atom. The number of imidazole rings is 1. The van der Waals surface area contributed by atoms with Crippen molar-refractivity contribution in [1.29, 1.82) is 0 Å². The number of carbonyl (C=O) groups is 2. The molecule has 0 fully saturated rings. The van der Waals surface area contributed by atoms with Crippen molar-refractivity contribution in [2.45, 2.75) is 13.0 Å². The average Bonchev–Trinajstić information content (AvgIpc) is 2.89. The highest BCUT2D eigenvalue weighted by Gasteiger charge is 2.24. The predicted molar refractivity (Wildman–Crippen MR) is 98.8 cm³/mol. The number of nitrogens with zero attached hydrogens (tertiary/aromatic N) is 3. The van der Waals surface area contributed by atoms with Gasteiger partial charge in [0.05, 0.1) is 6.54 Å². The quantitative estimate of drug-likeness (QED) is 0.631. The fourth-order valence-electron chi connectivity index (χ4n) is 2.31. The fourth-order valence-corrected chi connectivity index (χ4v) is 2.91. The summed E-state index contributed by atoms with van der Waals surface area (Å²) >= 11 is 9.24. The van der Waals surface area contributed by atoms with Crippen LogP contribution in [-0.4, -0.2) is 52.1 Å². The molecule has 0 aliphatic rings. The number of hydrogen-bond acceptors (Lipinski definition) is 4. The SMILES string of the molecule is CN(CCCO)C(=O)c1c(NC=O)nc(Br)n1Cc1ccc(Cl)cc1. The van der Waals surface area contributed by atoms with Gasteiger partial charge in [-0.15, -0.1) is 0 Å². The third-order valence-electron chi connectivity index (χ3n) is 3.57. The van der Waals surface area contributed by atoms with Gasteiger partial charge in [-0.2, -0.15) is 0 Å². The number of rotatable bonds is 8. The Morgan fingerprint density at radius 3 is 2.72 bits per heavy atom. The van der Waals surface area contributed by atoms with Crippen molar-refractivity contribution < 1.29 is 14.7 Å². The van der Waals surface area contributed by atoms with E-state index in [1.54, 1.807) is 23.7 Å². The van der Waals surface area contributed by atoms with Gasteiger partial charge in [0.25, 0.3) is 5.91 Å². The molecule has 0 bridgehead atoms. The zero-order chi connectivity index (χ0) is 18.4. The molecule has 0 radical (unpaired) electrons. The van der Waals surface area contributed by atoms with E-state index < -0.39 is 0 Å². The standard InChI is InChI=1S/C16H18BrClN4O3/c1-21(7-2-8-23)15(25)13-14(19-10-24)20-16(17)22(13)9-11-3-5-12(18)6-4-11/h3-6,10,23H,2,7-9H2,1H3,(H,19,24). The molecule has 0 saturated heterocycles. The summed E-state index contributed by atoms with van der Waals surface area (Å²) in [5.41, 5.74) is 1.18. The molecule has 1 heterocycles. The van der Waals surface area contributed by atoms with Crippen molar-refractivity contribution >= 4 is 45.7 Å². The number of benzene rings is 1. The summed E-state index contributed by atoms with van der Waals surface area (Å²) < 4.78 is 2.10. The molecule has 1 aromatic carbocycles. The lowest BCUT2D eigenvalue weighted by Crippen LogP contribution is -2.31. The van der Waals surface area contributed by atoms with Crippen LogP contribution < -0.4 is 5.32 Å². The molecule has 1 aromatic heterocycles. The van der Waals surface area contributed by atoms with E-state index >= 15 is 0 Å². The number of anilines is 1. The molecule has 0 atom stereocenters. The van der Waals surface area contributed by atoms with E-state index in [1.807, 2.05) is 12.1 Å². The van der Waals surface area contributed by atoms with Crippen LogP contribution in [0.3, 0.4) is 0 Å². The highest BCUT2D eigenvalue weighted by molar-refractivity contribution is 9.10. The van der Waals surface area contributed by atoms with Crippen LogP contribution in [0.5, 0.6) is 0 Å². The lowest BCUT2D eigenvalue weighted by molar-refractivity contribution is -0.105. The summed E-state index contributed by atoms with van der Waals surface area (Å²) in [6.45, 7) is 0.755. The van der Waals surface area contributed by atoms with Crippen molar-refractivity contribution in [3.63, 3.8) is 0 Å². The summed E-state index contributed by atoms with van der Waals surface area (Å²) in [4.78, 5) is 29.4. The van der Waals surface area contributed by atoms with Gasteiger partial charge in [0.1, 0.15) is 0 Å². The van der Waals surface area contributed by atoms with E-state index in [0.717, 1.165) is 5.56 Å².